The number of carbonyl (C=O) groups is 1. The molecule has 4 heteroatoms. The van der Waals surface area contributed by atoms with Crippen LogP contribution in [0.15, 0.2) is 0 Å². The molecule has 0 aromatic carbocycles. The maximum Gasteiger partial charge on any atom is 0.225 e. The monoisotopic (exact) mass is 267 g/mol. The SMILES string of the molecule is CCN(C)CC1CCN(C(=O)C2CCCC(N)C2)C1. The molecule has 1 amide bonds. The molecular formula is C15H29N3O. The topological polar surface area (TPSA) is 49.6 Å². The second-order valence-electron chi connectivity index (χ2n) is 6.42. The molecule has 1 heterocycles. The molecule has 0 spiro atoms. The molecular weight excluding hydrogens is 238 g/mol. The Hall–Kier alpha value is -0.610. The van der Waals surface area contributed by atoms with Gasteiger partial charge in [-0.25, -0.2) is 0 Å². The van der Waals surface area contributed by atoms with Crippen LogP contribution in [0.25, 0.3) is 0 Å². The van der Waals surface area contributed by atoms with Crippen molar-refractivity contribution in [3.05, 3.63) is 0 Å². The van der Waals surface area contributed by atoms with Gasteiger partial charge in [-0.05, 0) is 45.2 Å². The maximum atomic E-state index is 12.5. The van der Waals surface area contributed by atoms with Crippen molar-refractivity contribution in [2.45, 2.75) is 45.1 Å². The zero-order valence-electron chi connectivity index (χ0n) is 12.5. The van der Waals surface area contributed by atoms with Crippen molar-refractivity contribution in [2.75, 3.05) is 33.2 Å². The van der Waals surface area contributed by atoms with Crippen LogP contribution < -0.4 is 5.73 Å². The van der Waals surface area contributed by atoms with Gasteiger partial charge in [-0.3, -0.25) is 4.79 Å². The number of hydrogen-bond acceptors (Lipinski definition) is 3. The quantitative estimate of drug-likeness (QED) is 0.835. The maximum absolute atomic E-state index is 12.5. The normalized spacial score (nSPS) is 32.0. The molecule has 0 aromatic rings. The summed E-state index contributed by atoms with van der Waals surface area (Å²) in [5.74, 6) is 1.23. The molecule has 2 fully saturated rings. The summed E-state index contributed by atoms with van der Waals surface area (Å²) in [4.78, 5) is 16.9. The summed E-state index contributed by atoms with van der Waals surface area (Å²) in [6, 6.07) is 0.243. The highest BCUT2D eigenvalue weighted by molar-refractivity contribution is 5.79. The van der Waals surface area contributed by atoms with Gasteiger partial charge in [0, 0.05) is 31.6 Å². The van der Waals surface area contributed by atoms with Gasteiger partial charge in [-0.2, -0.15) is 0 Å². The molecule has 1 saturated carbocycles. The van der Waals surface area contributed by atoms with Crippen molar-refractivity contribution >= 4 is 5.91 Å². The molecule has 4 nitrogen and oxygen atoms in total. The van der Waals surface area contributed by atoms with E-state index < -0.39 is 0 Å². The predicted molar refractivity (Wildman–Crippen MR) is 77.8 cm³/mol. The molecule has 0 bridgehead atoms. The highest BCUT2D eigenvalue weighted by Crippen LogP contribution is 2.27. The highest BCUT2D eigenvalue weighted by atomic mass is 16.2. The van der Waals surface area contributed by atoms with E-state index in [2.05, 4.69) is 23.8 Å². The number of rotatable bonds is 4. The standard InChI is InChI=1S/C15H29N3O/c1-3-17(2)10-12-7-8-18(11-12)15(19)13-5-4-6-14(16)9-13/h12-14H,3-11,16H2,1-2H3. The first-order chi connectivity index (χ1) is 9.10. The fourth-order valence-corrected chi connectivity index (χ4v) is 3.46. The van der Waals surface area contributed by atoms with Gasteiger partial charge in [-0.15, -0.1) is 0 Å². The molecule has 0 aromatic heterocycles. The Bertz CT molecular complexity index is 308. The molecule has 1 aliphatic heterocycles. The fourth-order valence-electron chi connectivity index (χ4n) is 3.46. The van der Waals surface area contributed by atoms with Crippen LogP contribution in [-0.2, 0) is 4.79 Å². The van der Waals surface area contributed by atoms with E-state index in [1.54, 1.807) is 0 Å². The molecule has 1 saturated heterocycles. The van der Waals surface area contributed by atoms with Crippen LogP contribution in [0.4, 0.5) is 0 Å². The summed E-state index contributed by atoms with van der Waals surface area (Å²) in [6.07, 6.45) is 5.31. The van der Waals surface area contributed by atoms with Gasteiger partial charge < -0.3 is 15.5 Å². The van der Waals surface area contributed by atoms with Gasteiger partial charge in [-0.1, -0.05) is 13.3 Å². The zero-order valence-corrected chi connectivity index (χ0v) is 12.5. The Kier molecular flexibility index (Phi) is 5.22. The number of nitrogens with two attached hydrogens (primary N) is 1. The van der Waals surface area contributed by atoms with Gasteiger partial charge in [0.15, 0.2) is 0 Å². The molecule has 2 rings (SSSR count). The molecule has 2 aliphatic rings. The Labute approximate surface area is 117 Å². The first kappa shape index (κ1) is 14.8. The van der Waals surface area contributed by atoms with Gasteiger partial charge >= 0.3 is 0 Å². The predicted octanol–water partition coefficient (Wildman–Crippen LogP) is 1.30. The lowest BCUT2D eigenvalue weighted by atomic mass is 9.85. The Morgan fingerprint density at radius 2 is 2.16 bits per heavy atom. The summed E-state index contributed by atoms with van der Waals surface area (Å²) < 4.78 is 0. The van der Waals surface area contributed by atoms with Crippen molar-refractivity contribution in [1.82, 2.24) is 9.80 Å². The minimum Gasteiger partial charge on any atom is -0.342 e. The van der Waals surface area contributed by atoms with Crippen LogP contribution in [-0.4, -0.2) is 55.0 Å². The first-order valence-electron chi connectivity index (χ1n) is 7.83. The lowest BCUT2D eigenvalue weighted by Gasteiger charge is -2.29. The number of hydrogen-bond donors (Lipinski definition) is 1. The van der Waals surface area contributed by atoms with E-state index in [1.807, 2.05) is 0 Å². The minimum absolute atomic E-state index is 0.200. The molecule has 1 aliphatic carbocycles. The van der Waals surface area contributed by atoms with Crippen molar-refractivity contribution in [1.29, 1.82) is 0 Å². The summed E-state index contributed by atoms with van der Waals surface area (Å²) in [6.45, 7) is 6.29. The van der Waals surface area contributed by atoms with Crippen LogP contribution in [0.2, 0.25) is 0 Å². The van der Waals surface area contributed by atoms with E-state index in [-0.39, 0.29) is 12.0 Å². The van der Waals surface area contributed by atoms with E-state index in [0.29, 0.717) is 11.8 Å². The van der Waals surface area contributed by atoms with E-state index in [0.717, 1.165) is 58.3 Å². The van der Waals surface area contributed by atoms with E-state index >= 15 is 0 Å². The first-order valence-corrected chi connectivity index (χ1v) is 7.83. The van der Waals surface area contributed by atoms with Crippen LogP contribution in [0, 0.1) is 11.8 Å². The summed E-state index contributed by atoms with van der Waals surface area (Å²) in [5, 5.41) is 0. The Balaban J connectivity index is 1.81. The molecule has 0 radical (unpaired) electrons. The van der Waals surface area contributed by atoms with Crippen molar-refractivity contribution in [2.24, 2.45) is 17.6 Å². The number of amides is 1. The molecule has 110 valence electrons. The molecule has 3 atom stereocenters. The third kappa shape index (κ3) is 3.93. The van der Waals surface area contributed by atoms with Crippen molar-refractivity contribution < 1.29 is 4.79 Å². The third-order valence-electron chi connectivity index (χ3n) is 4.77. The lowest BCUT2D eigenvalue weighted by molar-refractivity contribution is -0.135. The fraction of sp³-hybridized carbons (Fsp3) is 0.933. The number of carbonyl (C=O) groups excluding carboxylic acids is 1. The Morgan fingerprint density at radius 1 is 1.37 bits per heavy atom. The van der Waals surface area contributed by atoms with Gasteiger partial charge in [0.1, 0.15) is 0 Å². The summed E-state index contributed by atoms with van der Waals surface area (Å²) >= 11 is 0. The van der Waals surface area contributed by atoms with Crippen LogP contribution in [0.5, 0.6) is 0 Å². The number of nitrogens with zero attached hydrogens (tertiary/aromatic N) is 2. The van der Waals surface area contributed by atoms with Crippen LogP contribution in [0.1, 0.15) is 39.0 Å². The van der Waals surface area contributed by atoms with E-state index in [4.69, 9.17) is 5.73 Å². The van der Waals surface area contributed by atoms with Crippen molar-refractivity contribution in [3.63, 3.8) is 0 Å². The van der Waals surface area contributed by atoms with Gasteiger partial charge in [0.05, 0.1) is 0 Å². The Morgan fingerprint density at radius 3 is 2.84 bits per heavy atom. The smallest absolute Gasteiger partial charge is 0.225 e. The molecule has 3 unspecified atom stereocenters. The lowest BCUT2D eigenvalue weighted by Crippen LogP contribution is -2.40. The van der Waals surface area contributed by atoms with Gasteiger partial charge in [0.2, 0.25) is 5.91 Å². The summed E-state index contributed by atoms with van der Waals surface area (Å²) in [7, 11) is 2.16. The van der Waals surface area contributed by atoms with E-state index in [9.17, 15) is 4.79 Å². The minimum atomic E-state index is 0.200. The zero-order chi connectivity index (χ0) is 13.8. The third-order valence-corrected chi connectivity index (χ3v) is 4.77. The van der Waals surface area contributed by atoms with Gasteiger partial charge in [0.25, 0.3) is 0 Å². The van der Waals surface area contributed by atoms with Crippen molar-refractivity contribution in [3.8, 4) is 0 Å². The highest BCUT2D eigenvalue weighted by Gasteiger charge is 2.33. The largest absolute Gasteiger partial charge is 0.342 e. The summed E-state index contributed by atoms with van der Waals surface area (Å²) in [5.41, 5.74) is 6.00. The average molecular weight is 267 g/mol. The molecule has 19 heavy (non-hydrogen) atoms. The number of likely N-dealkylation sites (tertiary alicyclic amines) is 1. The second-order valence-corrected chi connectivity index (χ2v) is 6.42. The second kappa shape index (κ2) is 6.71. The van der Waals surface area contributed by atoms with Crippen LogP contribution >= 0.6 is 0 Å². The van der Waals surface area contributed by atoms with Crippen LogP contribution in [0.3, 0.4) is 0 Å². The molecule has 2 N–H and O–H groups in total. The average Bonchev–Trinajstić information content (AvgIpc) is 2.86. The van der Waals surface area contributed by atoms with E-state index in [1.165, 1.54) is 0 Å².